The monoisotopic (exact) mass is 488 g/mol. The minimum absolute atomic E-state index is 0.350. The number of alkyl halides is 3. The maximum absolute atomic E-state index is 12.9. The molecule has 0 spiro atoms. The zero-order chi connectivity index (χ0) is 23.5. The summed E-state index contributed by atoms with van der Waals surface area (Å²) in [6.45, 7) is 5.20. The first-order chi connectivity index (χ1) is 16.5. The lowest BCUT2D eigenvalue weighted by Gasteiger charge is -2.26. The molecule has 0 bridgehead atoms. The Kier molecular flexibility index (Phi) is 6.48. The van der Waals surface area contributed by atoms with E-state index in [4.69, 9.17) is 14.7 Å². The van der Waals surface area contributed by atoms with Gasteiger partial charge >= 0.3 is 6.18 Å². The topological polar surface area (TPSA) is 68.1 Å². The van der Waals surface area contributed by atoms with E-state index < -0.39 is 11.7 Å². The third kappa shape index (κ3) is 5.06. The summed E-state index contributed by atoms with van der Waals surface area (Å²) in [5.41, 5.74) is 1.33. The van der Waals surface area contributed by atoms with Crippen LogP contribution in [-0.4, -0.2) is 63.8 Å². The van der Waals surface area contributed by atoms with Crippen molar-refractivity contribution in [2.75, 3.05) is 44.7 Å². The predicted molar refractivity (Wildman–Crippen MR) is 125 cm³/mol. The first-order valence-corrected chi connectivity index (χ1v) is 11.8. The van der Waals surface area contributed by atoms with Crippen molar-refractivity contribution in [3.8, 4) is 10.7 Å². The van der Waals surface area contributed by atoms with Gasteiger partial charge in [0.15, 0.2) is 17.3 Å². The van der Waals surface area contributed by atoms with E-state index in [1.807, 2.05) is 22.1 Å². The molecule has 0 radical (unpaired) electrons. The van der Waals surface area contributed by atoms with Gasteiger partial charge in [0.25, 0.3) is 0 Å². The molecule has 1 aromatic carbocycles. The summed E-state index contributed by atoms with van der Waals surface area (Å²) in [7, 11) is 0. The predicted octanol–water partition coefficient (Wildman–Crippen LogP) is 4.37. The van der Waals surface area contributed by atoms with Crippen molar-refractivity contribution >= 4 is 28.3 Å². The molecule has 0 aliphatic carbocycles. The Morgan fingerprint density at radius 2 is 1.85 bits per heavy atom. The van der Waals surface area contributed by atoms with Gasteiger partial charge in [-0.05, 0) is 29.1 Å². The second-order valence-electron chi connectivity index (χ2n) is 7.99. The average molecular weight is 489 g/mol. The van der Waals surface area contributed by atoms with Gasteiger partial charge in [-0.15, -0.1) is 11.3 Å². The lowest BCUT2D eigenvalue weighted by atomic mass is 10.1. The van der Waals surface area contributed by atoms with Gasteiger partial charge in [0.1, 0.15) is 5.52 Å². The number of benzene rings is 1. The third-order valence-corrected chi connectivity index (χ3v) is 6.53. The number of hydrogen-bond acceptors (Lipinski definition) is 7. The van der Waals surface area contributed by atoms with Gasteiger partial charge in [-0.25, -0.2) is 15.0 Å². The van der Waals surface area contributed by atoms with Gasteiger partial charge in [-0.1, -0.05) is 18.2 Å². The zero-order valence-corrected chi connectivity index (χ0v) is 19.1. The highest BCUT2D eigenvalue weighted by molar-refractivity contribution is 7.13. The Morgan fingerprint density at radius 1 is 1.06 bits per heavy atom. The van der Waals surface area contributed by atoms with Gasteiger partial charge in [0.2, 0.25) is 0 Å². The second-order valence-corrected chi connectivity index (χ2v) is 8.94. The highest BCUT2D eigenvalue weighted by Crippen LogP contribution is 2.30. The number of aromatic nitrogens is 4. The van der Waals surface area contributed by atoms with E-state index in [9.17, 15) is 13.2 Å². The first kappa shape index (κ1) is 22.8. The normalized spacial score (nSPS) is 15.1. The van der Waals surface area contributed by atoms with Crippen LogP contribution in [0, 0.1) is 0 Å². The summed E-state index contributed by atoms with van der Waals surface area (Å²) < 4.78 is 45.9. The maximum Gasteiger partial charge on any atom is 0.416 e. The molecule has 0 unspecified atom stereocenters. The van der Waals surface area contributed by atoms with Gasteiger partial charge in [-0.2, -0.15) is 13.2 Å². The molecule has 1 saturated heterocycles. The molecule has 5 rings (SSSR count). The smallest absolute Gasteiger partial charge is 0.379 e. The number of halogens is 3. The van der Waals surface area contributed by atoms with Crippen LogP contribution in [0.2, 0.25) is 0 Å². The molecule has 178 valence electrons. The van der Waals surface area contributed by atoms with Crippen LogP contribution in [0.25, 0.3) is 21.9 Å². The highest BCUT2D eigenvalue weighted by Gasteiger charge is 2.30. The van der Waals surface area contributed by atoms with Crippen LogP contribution in [0.4, 0.5) is 19.0 Å². The summed E-state index contributed by atoms with van der Waals surface area (Å²) in [5, 5.41) is 5.37. The largest absolute Gasteiger partial charge is 0.416 e. The van der Waals surface area contributed by atoms with Crippen LogP contribution < -0.4 is 5.32 Å². The first-order valence-electron chi connectivity index (χ1n) is 10.9. The van der Waals surface area contributed by atoms with Crippen LogP contribution in [0.5, 0.6) is 0 Å². The molecule has 1 fully saturated rings. The highest BCUT2D eigenvalue weighted by atomic mass is 32.1. The van der Waals surface area contributed by atoms with E-state index in [0.29, 0.717) is 35.9 Å². The molecule has 1 aliphatic heterocycles. The summed E-state index contributed by atoms with van der Waals surface area (Å²) in [4.78, 5) is 17.3. The SMILES string of the molecule is FC(F)(F)c1ccc(Cn2cnc3c(NCCN4CCOCC4)nc(-c4cccs4)nc32)cc1. The molecule has 11 heteroatoms. The van der Waals surface area contributed by atoms with Crippen molar-refractivity contribution in [3.05, 3.63) is 59.2 Å². The molecule has 0 atom stereocenters. The van der Waals surface area contributed by atoms with Gasteiger partial charge in [0.05, 0.1) is 36.5 Å². The van der Waals surface area contributed by atoms with Crippen LogP contribution in [-0.2, 0) is 17.5 Å². The number of thiophene rings is 1. The van der Waals surface area contributed by atoms with Gasteiger partial charge in [-0.3, -0.25) is 4.90 Å². The molecular formula is C23H23F3N6OS. The van der Waals surface area contributed by atoms with E-state index in [-0.39, 0.29) is 0 Å². The molecule has 0 saturated carbocycles. The fourth-order valence-corrected chi connectivity index (χ4v) is 4.51. The van der Waals surface area contributed by atoms with Crippen LogP contribution in [0.15, 0.2) is 48.1 Å². The fourth-order valence-electron chi connectivity index (χ4n) is 3.85. The number of hydrogen-bond donors (Lipinski definition) is 1. The fraction of sp³-hybridized carbons (Fsp3) is 0.348. The van der Waals surface area contributed by atoms with E-state index in [0.717, 1.165) is 55.4 Å². The Labute approximate surface area is 198 Å². The van der Waals surface area contributed by atoms with Gasteiger partial charge < -0.3 is 14.6 Å². The van der Waals surface area contributed by atoms with Crippen molar-refractivity contribution in [1.29, 1.82) is 0 Å². The Bertz CT molecular complexity index is 1230. The molecule has 0 amide bonds. The zero-order valence-electron chi connectivity index (χ0n) is 18.3. The molecule has 1 aliphatic rings. The summed E-state index contributed by atoms with van der Waals surface area (Å²) in [5.74, 6) is 1.23. The Morgan fingerprint density at radius 3 is 2.56 bits per heavy atom. The second kappa shape index (κ2) is 9.69. The van der Waals surface area contributed by atoms with Crippen molar-refractivity contribution in [2.24, 2.45) is 0 Å². The molecule has 7 nitrogen and oxygen atoms in total. The number of rotatable bonds is 7. The lowest BCUT2D eigenvalue weighted by Crippen LogP contribution is -2.39. The minimum Gasteiger partial charge on any atom is -0.379 e. The summed E-state index contributed by atoms with van der Waals surface area (Å²) in [6, 6.07) is 9.06. The minimum atomic E-state index is -4.36. The number of nitrogens with zero attached hydrogens (tertiary/aromatic N) is 5. The standard InChI is InChI=1S/C23H23F3N6OS/c24-23(25,26)17-5-3-16(4-6-17)14-32-15-28-19-21(27-7-8-31-9-11-33-12-10-31)29-20(30-22(19)32)18-2-1-13-34-18/h1-6,13,15H,7-12,14H2,(H,27,29,30). The molecule has 34 heavy (non-hydrogen) atoms. The molecule has 4 aromatic rings. The van der Waals surface area contributed by atoms with Gasteiger partial charge in [0, 0.05) is 26.2 Å². The third-order valence-electron chi connectivity index (χ3n) is 5.66. The van der Waals surface area contributed by atoms with Crippen molar-refractivity contribution in [3.63, 3.8) is 0 Å². The van der Waals surface area contributed by atoms with Crippen LogP contribution >= 0.6 is 11.3 Å². The molecule has 4 heterocycles. The van der Waals surface area contributed by atoms with Crippen LogP contribution in [0.3, 0.4) is 0 Å². The number of imidazole rings is 1. The Balaban J connectivity index is 1.41. The van der Waals surface area contributed by atoms with Crippen molar-refractivity contribution in [2.45, 2.75) is 12.7 Å². The molecule has 3 aromatic heterocycles. The molecular weight excluding hydrogens is 465 g/mol. The van der Waals surface area contributed by atoms with Crippen molar-refractivity contribution < 1.29 is 17.9 Å². The number of fused-ring (bicyclic) bond motifs is 1. The quantitative estimate of drug-likeness (QED) is 0.417. The van der Waals surface area contributed by atoms with E-state index in [2.05, 4.69) is 15.2 Å². The van der Waals surface area contributed by atoms with E-state index in [1.54, 1.807) is 17.7 Å². The van der Waals surface area contributed by atoms with E-state index in [1.165, 1.54) is 12.1 Å². The van der Waals surface area contributed by atoms with Crippen molar-refractivity contribution in [1.82, 2.24) is 24.4 Å². The van der Waals surface area contributed by atoms with Crippen LogP contribution in [0.1, 0.15) is 11.1 Å². The number of ether oxygens (including phenoxy) is 1. The van der Waals surface area contributed by atoms with E-state index >= 15 is 0 Å². The summed E-state index contributed by atoms with van der Waals surface area (Å²) in [6.07, 6.45) is -2.70. The lowest BCUT2D eigenvalue weighted by molar-refractivity contribution is -0.137. The average Bonchev–Trinajstić information content (AvgIpc) is 3.50. The Hall–Kier alpha value is -3.02. The molecule has 1 N–H and O–H groups in total. The number of morpholine rings is 1. The summed E-state index contributed by atoms with van der Waals surface area (Å²) >= 11 is 1.55. The number of nitrogens with one attached hydrogen (secondary N) is 1. The maximum atomic E-state index is 12.9. The number of anilines is 1.